The first-order chi connectivity index (χ1) is 6.45. The Kier molecular flexibility index (Phi) is 6.14. The minimum atomic E-state index is 0. The summed E-state index contributed by atoms with van der Waals surface area (Å²) in [7, 11) is 0. The molecule has 1 aliphatic carbocycles. The topological polar surface area (TPSA) is 0 Å². The van der Waals surface area contributed by atoms with Crippen LogP contribution in [0.3, 0.4) is 0 Å². The molecule has 0 bridgehead atoms. The van der Waals surface area contributed by atoms with Crippen LogP contribution < -0.4 is 0 Å². The van der Waals surface area contributed by atoms with Gasteiger partial charge >= 0.3 is 0 Å². The van der Waals surface area contributed by atoms with E-state index >= 15 is 0 Å². The third kappa shape index (κ3) is 3.33. The van der Waals surface area contributed by atoms with Crippen LogP contribution in [-0.2, 0) is 21.7 Å². The molecule has 1 aliphatic rings. The zero-order chi connectivity index (χ0) is 10.9. The van der Waals surface area contributed by atoms with Crippen LogP contribution in [-0.4, -0.2) is 0 Å². The largest absolute Gasteiger partial charge is 0.269 e. The Morgan fingerprint density at radius 3 is 1.73 bits per heavy atom. The molecule has 0 unspecified atom stereocenters. The van der Waals surface area contributed by atoms with Gasteiger partial charge in [-0.1, -0.05) is 53.4 Å². The molecule has 0 aromatic carbocycles. The zero-order valence-electron chi connectivity index (χ0n) is 10.9. The fourth-order valence-corrected chi connectivity index (χ4v) is 2.27. The van der Waals surface area contributed by atoms with E-state index in [2.05, 4.69) is 47.6 Å². The van der Waals surface area contributed by atoms with Crippen LogP contribution in [0.25, 0.3) is 0 Å². The van der Waals surface area contributed by atoms with Crippen LogP contribution >= 0.6 is 0 Å². The fourth-order valence-electron chi connectivity index (χ4n) is 2.27. The van der Waals surface area contributed by atoms with Crippen molar-refractivity contribution in [2.75, 3.05) is 0 Å². The average molecular weight is 239 g/mol. The molecule has 84 valence electrons. The molecule has 0 atom stereocenters. The predicted octanol–water partition coefficient (Wildman–Crippen LogP) is 4.38. The second-order valence-electron chi connectivity index (χ2n) is 5.17. The van der Waals surface area contributed by atoms with Crippen LogP contribution in [0.5, 0.6) is 0 Å². The Morgan fingerprint density at radius 2 is 1.40 bits per heavy atom. The van der Waals surface area contributed by atoms with Crippen molar-refractivity contribution >= 4 is 0 Å². The van der Waals surface area contributed by atoms with Crippen molar-refractivity contribution in [3.05, 3.63) is 22.8 Å². The Bertz CT molecular complexity index is 267. The first-order valence-corrected chi connectivity index (χ1v) is 5.79. The average Bonchev–Trinajstić information content (AvgIpc) is 2.46. The summed E-state index contributed by atoms with van der Waals surface area (Å²) >= 11 is 0. The van der Waals surface area contributed by atoms with Gasteiger partial charge in [0.15, 0.2) is 0 Å². The molecule has 0 saturated heterocycles. The molecule has 1 heteroatoms. The molecule has 0 fully saturated rings. The van der Waals surface area contributed by atoms with E-state index in [1.54, 1.807) is 11.1 Å². The first kappa shape index (κ1) is 15.2. The molecule has 0 spiro atoms. The van der Waals surface area contributed by atoms with Crippen LogP contribution in [0.2, 0.25) is 0 Å². The Hall–Kier alpha value is 0.194. The van der Waals surface area contributed by atoms with E-state index in [1.807, 2.05) is 0 Å². The Balaban J connectivity index is 0.00000196. The second-order valence-corrected chi connectivity index (χ2v) is 5.17. The molecule has 0 aromatic heterocycles. The molecule has 1 rings (SSSR count). The molecular formula is C14H23Ti-. The Morgan fingerprint density at radius 1 is 0.867 bits per heavy atom. The number of hydrogen-bond donors (Lipinski definition) is 0. The van der Waals surface area contributed by atoms with Crippen LogP contribution in [0.1, 0.15) is 48.0 Å². The molecule has 15 heavy (non-hydrogen) atoms. The van der Waals surface area contributed by atoms with Crippen LogP contribution in [0.15, 0.2) is 16.7 Å². The quantitative estimate of drug-likeness (QED) is 0.506. The third-order valence-electron chi connectivity index (χ3n) is 2.96. The molecule has 0 heterocycles. The summed E-state index contributed by atoms with van der Waals surface area (Å²) < 4.78 is 0. The minimum Gasteiger partial charge on any atom is -0.269 e. The summed E-state index contributed by atoms with van der Waals surface area (Å²) in [6.45, 7) is 13.7. The molecule has 0 nitrogen and oxygen atoms in total. The SMILES string of the molecule is CC(C)C1=[C-]CC(C(C)C)=C1C(C)C.[Ti]. The van der Waals surface area contributed by atoms with Gasteiger partial charge in [-0.05, 0) is 5.92 Å². The van der Waals surface area contributed by atoms with Gasteiger partial charge in [0, 0.05) is 21.7 Å². The molecule has 0 aliphatic heterocycles. The van der Waals surface area contributed by atoms with Gasteiger partial charge in [0.25, 0.3) is 0 Å². The number of allylic oxidation sites excluding steroid dienone is 4. The minimum absolute atomic E-state index is 0. The van der Waals surface area contributed by atoms with Gasteiger partial charge in [-0.2, -0.15) is 11.1 Å². The van der Waals surface area contributed by atoms with Crippen molar-refractivity contribution in [3.63, 3.8) is 0 Å². The van der Waals surface area contributed by atoms with E-state index in [1.165, 1.54) is 5.57 Å². The van der Waals surface area contributed by atoms with Crippen molar-refractivity contribution in [2.24, 2.45) is 17.8 Å². The number of rotatable bonds is 3. The van der Waals surface area contributed by atoms with Gasteiger partial charge in [0.1, 0.15) is 0 Å². The molecule has 0 radical (unpaired) electrons. The normalized spacial score (nSPS) is 16.5. The number of hydrogen-bond acceptors (Lipinski definition) is 0. The maximum atomic E-state index is 3.56. The maximum absolute atomic E-state index is 3.56. The van der Waals surface area contributed by atoms with Crippen molar-refractivity contribution in [1.82, 2.24) is 0 Å². The fraction of sp³-hybridized carbons (Fsp3) is 0.714. The van der Waals surface area contributed by atoms with E-state index in [0.29, 0.717) is 17.8 Å². The van der Waals surface area contributed by atoms with E-state index in [9.17, 15) is 0 Å². The summed E-state index contributed by atoms with van der Waals surface area (Å²) in [6.07, 6.45) is 4.63. The zero-order valence-corrected chi connectivity index (χ0v) is 12.5. The van der Waals surface area contributed by atoms with Crippen molar-refractivity contribution in [1.29, 1.82) is 0 Å². The molecule has 0 saturated carbocycles. The van der Waals surface area contributed by atoms with Crippen molar-refractivity contribution in [3.8, 4) is 0 Å². The summed E-state index contributed by atoms with van der Waals surface area (Å²) in [5.74, 6) is 1.96. The van der Waals surface area contributed by atoms with E-state index in [4.69, 9.17) is 0 Å². The van der Waals surface area contributed by atoms with Gasteiger partial charge < -0.3 is 0 Å². The van der Waals surface area contributed by atoms with E-state index in [-0.39, 0.29) is 21.7 Å². The second kappa shape index (κ2) is 6.06. The van der Waals surface area contributed by atoms with Gasteiger partial charge in [-0.3, -0.25) is 6.08 Å². The molecule has 0 N–H and O–H groups in total. The maximum Gasteiger partial charge on any atom is 0 e. The molecular weight excluding hydrogens is 216 g/mol. The van der Waals surface area contributed by atoms with Crippen molar-refractivity contribution in [2.45, 2.75) is 48.0 Å². The molecule has 0 amide bonds. The van der Waals surface area contributed by atoms with E-state index < -0.39 is 0 Å². The predicted molar refractivity (Wildman–Crippen MR) is 62.9 cm³/mol. The summed E-state index contributed by atoms with van der Waals surface area (Å²) in [5.41, 5.74) is 4.68. The van der Waals surface area contributed by atoms with Crippen molar-refractivity contribution < 1.29 is 21.7 Å². The standard InChI is InChI=1S/C14H23.Ti/c1-9(2)12-7-8-13(10(3)4)14(12)11(5)6;/h9-11H,7H2,1-6H3;/q-1;. The van der Waals surface area contributed by atoms with Crippen LogP contribution in [0.4, 0.5) is 0 Å². The van der Waals surface area contributed by atoms with Gasteiger partial charge in [-0.15, -0.1) is 6.42 Å². The van der Waals surface area contributed by atoms with Gasteiger partial charge in [-0.25, -0.2) is 5.57 Å². The van der Waals surface area contributed by atoms with E-state index in [0.717, 1.165) is 6.42 Å². The summed E-state index contributed by atoms with van der Waals surface area (Å²) in [4.78, 5) is 0. The summed E-state index contributed by atoms with van der Waals surface area (Å²) in [6, 6.07) is 0. The Labute approximate surface area is 110 Å². The third-order valence-corrected chi connectivity index (χ3v) is 2.96. The smallest absolute Gasteiger partial charge is 0 e. The first-order valence-electron chi connectivity index (χ1n) is 5.79. The van der Waals surface area contributed by atoms with Gasteiger partial charge in [0.05, 0.1) is 0 Å². The van der Waals surface area contributed by atoms with Gasteiger partial charge in [0.2, 0.25) is 0 Å². The van der Waals surface area contributed by atoms with Crippen LogP contribution in [0, 0.1) is 23.8 Å². The summed E-state index contributed by atoms with van der Waals surface area (Å²) in [5, 5.41) is 0. The monoisotopic (exact) mass is 239 g/mol. The molecule has 0 aromatic rings.